The minimum Gasteiger partial charge on any atom is -0.507 e. The second-order valence-electron chi connectivity index (χ2n) is 8.75. The summed E-state index contributed by atoms with van der Waals surface area (Å²) in [5, 5.41) is 11.6. The van der Waals surface area contributed by atoms with E-state index in [1.54, 1.807) is 24.3 Å². The fourth-order valence-electron chi connectivity index (χ4n) is 4.35. The van der Waals surface area contributed by atoms with Crippen molar-refractivity contribution in [2.45, 2.75) is 32.7 Å². The molecule has 0 radical (unpaired) electrons. The smallest absolute Gasteiger partial charge is 0.301 e. The van der Waals surface area contributed by atoms with E-state index in [0.29, 0.717) is 23.1 Å². The van der Waals surface area contributed by atoms with E-state index >= 15 is 0 Å². The highest BCUT2D eigenvalue weighted by Crippen LogP contribution is 2.44. The van der Waals surface area contributed by atoms with E-state index in [0.717, 1.165) is 28.6 Å². The van der Waals surface area contributed by atoms with Gasteiger partial charge in [-0.25, -0.2) is 9.37 Å². The van der Waals surface area contributed by atoms with Crippen LogP contribution in [-0.2, 0) is 16.0 Å². The van der Waals surface area contributed by atoms with E-state index in [-0.39, 0.29) is 16.9 Å². The molecule has 1 aliphatic rings. The molecule has 5 rings (SSSR count). The first-order valence-corrected chi connectivity index (χ1v) is 12.9. The SMILES string of the molecule is CCCOc1ccc([C@@H]2/C(=C(\O)c3ccc(F)cc3)C(=O)C(=O)N2c2nc3ccc(CC)cc3s2)cc1. The molecule has 37 heavy (non-hydrogen) atoms. The number of aliphatic hydroxyl groups excluding tert-OH is 1. The van der Waals surface area contributed by atoms with Crippen molar-refractivity contribution in [2.24, 2.45) is 0 Å². The van der Waals surface area contributed by atoms with Gasteiger partial charge in [0.2, 0.25) is 0 Å². The Morgan fingerprint density at radius 3 is 2.46 bits per heavy atom. The van der Waals surface area contributed by atoms with Gasteiger partial charge < -0.3 is 9.84 Å². The van der Waals surface area contributed by atoms with Crippen LogP contribution < -0.4 is 9.64 Å². The van der Waals surface area contributed by atoms with Crippen LogP contribution in [0.1, 0.15) is 43.0 Å². The monoisotopic (exact) mass is 516 g/mol. The fraction of sp³-hybridized carbons (Fsp3) is 0.207. The van der Waals surface area contributed by atoms with Crippen molar-refractivity contribution < 1.29 is 23.8 Å². The number of aromatic nitrogens is 1. The molecule has 0 spiro atoms. The van der Waals surface area contributed by atoms with E-state index in [1.165, 1.54) is 40.5 Å². The number of thiazole rings is 1. The van der Waals surface area contributed by atoms with E-state index in [1.807, 2.05) is 25.1 Å². The summed E-state index contributed by atoms with van der Waals surface area (Å²) in [7, 11) is 0. The third-order valence-corrected chi connectivity index (χ3v) is 7.30. The number of benzene rings is 3. The number of anilines is 1. The van der Waals surface area contributed by atoms with Gasteiger partial charge in [0.15, 0.2) is 5.13 Å². The van der Waals surface area contributed by atoms with E-state index < -0.39 is 23.5 Å². The highest BCUT2D eigenvalue weighted by atomic mass is 32.1. The zero-order valence-corrected chi connectivity index (χ0v) is 21.2. The zero-order valence-electron chi connectivity index (χ0n) is 20.4. The van der Waals surface area contributed by atoms with Crippen LogP contribution >= 0.6 is 11.3 Å². The summed E-state index contributed by atoms with van der Waals surface area (Å²) < 4.78 is 20.1. The molecule has 6 nitrogen and oxygen atoms in total. The Morgan fingerprint density at radius 1 is 1.05 bits per heavy atom. The maximum atomic E-state index is 13.5. The van der Waals surface area contributed by atoms with Gasteiger partial charge in [0.1, 0.15) is 17.3 Å². The average Bonchev–Trinajstić information content (AvgIpc) is 3.45. The maximum absolute atomic E-state index is 13.5. The number of hydrogen-bond donors (Lipinski definition) is 1. The van der Waals surface area contributed by atoms with Gasteiger partial charge in [-0.3, -0.25) is 14.5 Å². The van der Waals surface area contributed by atoms with Crippen LogP contribution in [0, 0.1) is 5.82 Å². The minimum absolute atomic E-state index is 0.0765. The van der Waals surface area contributed by atoms with Crippen LogP contribution in [0.3, 0.4) is 0 Å². The molecule has 188 valence electrons. The van der Waals surface area contributed by atoms with Crippen LogP contribution in [0.5, 0.6) is 5.75 Å². The Hall–Kier alpha value is -4.04. The molecule has 2 heterocycles. The molecule has 0 aliphatic carbocycles. The molecule has 1 N–H and O–H groups in total. The van der Waals surface area contributed by atoms with Crippen LogP contribution in [0.15, 0.2) is 72.3 Å². The van der Waals surface area contributed by atoms with Gasteiger partial charge in [-0.2, -0.15) is 0 Å². The molecule has 0 bridgehead atoms. The topological polar surface area (TPSA) is 79.7 Å². The molecule has 8 heteroatoms. The number of amides is 1. The van der Waals surface area contributed by atoms with E-state index in [9.17, 15) is 19.1 Å². The van der Waals surface area contributed by atoms with E-state index in [2.05, 4.69) is 11.9 Å². The number of aryl methyl sites for hydroxylation is 1. The molecule has 4 aromatic rings. The van der Waals surface area contributed by atoms with Crippen molar-refractivity contribution >= 4 is 44.1 Å². The highest BCUT2D eigenvalue weighted by molar-refractivity contribution is 7.22. The number of carbonyl (C=O) groups is 2. The summed E-state index contributed by atoms with van der Waals surface area (Å²) >= 11 is 1.32. The van der Waals surface area contributed by atoms with Crippen LogP contribution in [0.2, 0.25) is 0 Å². The number of aliphatic hydroxyl groups is 1. The summed E-state index contributed by atoms with van der Waals surface area (Å²) in [4.78, 5) is 32.8. The molecule has 1 fully saturated rings. The first-order chi connectivity index (χ1) is 17.9. The molecule has 1 amide bonds. The minimum atomic E-state index is -0.920. The first kappa shape index (κ1) is 24.6. The van der Waals surface area contributed by atoms with Crippen LogP contribution in [0.4, 0.5) is 9.52 Å². The number of nitrogens with zero attached hydrogens (tertiary/aromatic N) is 2. The molecule has 3 aromatic carbocycles. The van der Waals surface area contributed by atoms with Crippen molar-refractivity contribution in [3.63, 3.8) is 0 Å². The van der Waals surface area contributed by atoms with Gasteiger partial charge in [0, 0.05) is 5.56 Å². The number of hydrogen-bond acceptors (Lipinski definition) is 6. The number of halogens is 1. The third-order valence-electron chi connectivity index (χ3n) is 6.29. The van der Waals surface area contributed by atoms with Crippen molar-refractivity contribution in [1.29, 1.82) is 0 Å². The standard InChI is InChI=1S/C29H25FN2O4S/c1-3-15-36-21-12-8-18(9-13-21)25-24(26(33)19-6-10-20(30)11-7-19)27(34)28(35)32(25)29-31-22-14-5-17(4-2)16-23(22)37-29/h5-14,16,25,33H,3-4,15H2,1-2H3/b26-24+/t25-/m1/s1. The molecular weight excluding hydrogens is 491 g/mol. The Balaban J connectivity index is 1.66. The van der Waals surface area contributed by atoms with Crippen molar-refractivity contribution in [1.82, 2.24) is 4.98 Å². The quantitative estimate of drug-likeness (QED) is 0.174. The lowest BCUT2D eigenvalue weighted by Gasteiger charge is -2.23. The number of rotatable bonds is 7. The molecule has 1 atom stereocenters. The number of ketones is 1. The number of carbonyl (C=O) groups excluding carboxylic acids is 2. The molecule has 1 aromatic heterocycles. The Bertz CT molecular complexity index is 1510. The normalized spacial score (nSPS) is 17.1. The van der Waals surface area contributed by atoms with Crippen molar-refractivity contribution in [3.05, 3.63) is 94.8 Å². The third kappa shape index (κ3) is 4.60. The Kier molecular flexibility index (Phi) is 6.76. The Morgan fingerprint density at radius 2 is 1.78 bits per heavy atom. The molecule has 1 aliphatic heterocycles. The highest BCUT2D eigenvalue weighted by Gasteiger charge is 2.48. The lowest BCUT2D eigenvalue weighted by molar-refractivity contribution is -0.132. The molecular formula is C29H25FN2O4S. The van der Waals surface area contributed by atoms with Crippen LogP contribution in [0.25, 0.3) is 16.0 Å². The average molecular weight is 517 g/mol. The van der Waals surface area contributed by atoms with Gasteiger partial charge in [-0.15, -0.1) is 0 Å². The van der Waals surface area contributed by atoms with Gasteiger partial charge in [-0.05, 0) is 72.5 Å². The number of Topliss-reactive ketones (excluding diaryl/α,β-unsaturated/α-hetero) is 1. The van der Waals surface area contributed by atoms with Crippen molar-refractivity contribution in [3.8, 4) is 5.75 Å². The zero-order chi connectivity index (χ0) is 26.1. The van der Waals surface area contributed by atoms with Gasteiger partial charge >= 0.3 is 5.91 Å². The second kappa shape index (κ2) is 10.1. The van der Waals surface area contributed by atoms with Gasteiger partial charge in [0.25, 0.3) is 5.78 Å². The number of fused-ring (bicyclic) bond motifs is 1. The summed E-state index contributed by atoms with van der Waals surface area (Å²) in [5.74, 6) is -1.79. The predicted octanol–water partition coefficient (Wildman–Crippen LogP) is 6.41. The Labute approximate surface area is 217 Å². The molecule has 0 saturated carbocycles. The predicted molar refractivity (Wildman–Crippen MR) is 142 cm³/mol. The van der Waals surface area contributed by atoms with Crippen LogP contribution in [-0.4, -0.2) is 28.4 Å². The second-order valence-corrected chi connectivity index (χ2v) is 9.75. The summed E-state index contributed by atoms with van der Waals surface area (Å²) in [5.41, 5.74) is 2.64. The fourth-order valence-corrected chi connectivity index (χ4v) is 5.41. The number of ether oxygens (including phenoxy) is 1. The summed E-state index contributed by atoms with van der Waals surface area (Å²) in [6.45, 7) is 4.64. The van der Waals surface area contributed by atoms with E-state index in [4.69, 9.17) is 4.74 Å². The molecule has 0 unspecified atom stereocenters. The van der Waals surface area contributed by atoms with Gasteiger partial charge in [0.05, 0.1) is 28.4 Å². The summed E-state index contributed by atoms with van der Waals surface area (Å²) in [6, 6.07) is 17.2. The molecule has 1 saturated heterocycles. The van der Waals surface area contributed by atoms with Crippen molar-refractivity contribution in [2.75, 3.05) is 11.5 Å². The lowest BCUT2D eigenvalue weighted by Crippen LogP contribution is -2.29. The largest absolute Gasteiger partial charge is 0.507 e. The summed E-state index contributed by atoms with van der Waals surface area (Å²) in [6.07, 6.45) is 1.72. The van der Waals surface area contributed by atoms with Gasteiger partial charge in [-0.1, -0.05) is 43.4 Å². The maximum Gasteiger partial charge on any atom is 0.301 e. The first-order valence-electron chi connectivity index (χ1n) is 12.1. The lowest BCUT2D eigenvalue weighted by atomic mass is 9.95.